The van der Waals surface area contributed by atoms with E-state index < -0.39 is 8.67 Å². The summed E-state index contributed by atoms with van der Waals surface area (Å²) in [6, 6.07) is 6.21. The molecule has 0 aromatic heterocycles. The van der Waals surface area contributed by atoms with Gasteiger partial charge < -0.3 is 5.11 Å². The zero-order valence-corrected chi connectivity index (χ0v) is 13.6. The number of halogens is 6. The highest BCUT2D eigenvalue weighted by Crippen LogP contribution is 2.59. The summed E-state index contributed by atoms with van der Waals surface area (Å²) in [5.41, 5.74) is 1.02. The molecule has 1 aromatic carbocycles. The fourth-order valence-corrected chi connectivity index (χ4v) is 3.21. The van der Waals surface area contributed by atoms with Crippen LogP contribution in [0.2, 0.25) is 0 Å². The van der Waals surface area contributed by atoms with Crippen LogP contribution < -0.4 is 0 Å². The molecule has 1 N–H and O–H groups in total. The van der Waals surface area contributed by atoms with E-state index in [4.69, 9.17) is 69.6 Å². The molecule has 0 bridgehead atoms. The normalized spacial score (nSPS) is 21.3. The van der Waals surface area contributed by atoms with Crippen molar-refractivity contribution in [1.29, 1.82) is 0 Å². The zero-order valence-electron chi connectivity index (χ0n) is 9.10. The summed E-state index contributed by atoms with van der Waals surface area (Å²) in [6.45, 7) is 0. The molecule has 1 aliphatic rings. The Kier molecular flexibility index (Phi) is 4.29. The third-order valence-corrected chi connectivity index (χ3v) is 6.05. The van der Waals surface area contributed by atoms with E-state index in [0.29, 0.717) is 11.1 Å². The lowest BCUT2D eigenvalue weighted by molar-refractivity contribution is 0.475. The minimum Gasteiger partial charge on any atom is -0.508 e. The Morgan fingerprint density at radius 1 is 0.842 bits per heavy atom. The molecule has 0 saturated carbocycles. The Bertz CT molecular complexity index is 570. The van der Waals surface area contributed by atoms with Gasteiger partial charge in [-0.25, -0.2) is 0 Å². The highest BCUT2D eigenvalue weighted by molar-refractivity contribution is 6.71. The summed E-state index contributed by atoms with van der Waals surface area (Å²) in [6.07, 6.45) is 1.50. The Hall–Kier alpha value is 0.240. The topological polar surface area (TPSA) is 20.2 Å². The van der Waals surface area contributed by atoms with Crippen LogP contribution in [0.3, 0.4) is 0 Å². The fraction of sp³-hybridized carbons (Fsp3) is 0.167. The van der Waals surface area contributed by atoms with Crippen molar-refractivity contribution in [3.63, 3.8) is 0 Å². The summed E-state index contributed by atoms with van der Waals surface area (Å²) in [5.74, 6) is 0.109. The summed E-state index contributed by atoms with van der Waals surface area (Å²) >= 11 is 36.7. The van der Waals surface area contributed by atoms with Gasteiger partial charge in [-0.15, -0.1) is 0 Å². The van der Waals surface area contributed by atoms with Crippen LogP contribution in [0.1, 0.15) is 5.56 Å². The fourth-order valence-electron chi connectivity index (χ4n) is 1.64. The summed E-state index contributed by atoms with van der Waals surface area (Å²) in [5, 5.41) is 9.41. The van der Waals surface area contributed by atoms with E-state index in [0.717, 1.165) is 0 Å². The van der Waals surface area contributed by atoms with E-state index in [1.807, 2.05) is 0 Å². The molecule has 102 valence electrons. The van der Waals surface area contributed by atoms with Crippen LogP contribution in [0.15, 0.2) is 40.4 Å². The predicted molar refractivity (Wildman–Crippen MR) is 83.7 cm³/mol. The molecule has 1 nitrogen and oxygen atoms in total. The maximum atomic E-state index is 9.29. The van der Waals surface area contributed by atoms with Crippen molar-refractivity contribution >= 4 is 75.2 Å². The minimum absolute atomic E-state index is 0.0370. The maximum absolute atomic E-state index is 9.29. The van der Waals surface area contributed by atoms with Gasteiger partial charge in [-0.1, -0.05) is 81.7 Å². The number of hydrogen-bond acceptors (Lipinski definition) is 1. The number of benzene rings is 1. The number of aromatic hydroxyl groups is 1. The highest BCUT2D eigenvalue weighted by Gasteiger charge is 2.55. The Labute approximate surface area is 140 Å². The summed E-state index contributed by atoms with van der Waals surface area (Å²) < 4.78 is -3.45. The second-order valence-corrected chi connectivity index (χ2v) is 7.36. The largest absolute Gasteiger partial charge is 0.508 e. The first-order valence-corrected chi connectivity index (χ1v) is 7.27. The molecule has 0 heterocycles. The summed E-state index contributed by atoms with van der Waals surface area (Å²) in [7, 11) is 0. The molecule has 1 aromatic rings. The number of hydrogen-bond donors (Lipinski definition) is 1. The highest BCUT2D eigenvalue weighted by atomic mass is 35.5. The van der Waals surface area contributed by atoms with E-state index in [-0.39, 0.29) is 15.8 Å². The number of rotatable bonds is 1. The molecular formula is C12H6Cl6O. The minimum atomic E-state index is -1.77. The van der Waals surface area contributed by atoms with Crippen LogP contribution in [-0.4, -0.2) is 13.8 Å². The predicted octanol–water partition coefficient (Wildman–Crippen LogP) is 5.83. The standard InChI is InChI=1S/C12H6Cl6O/c13-9-5-8(6-1-3-7(19)4-2-6)11(15,16)12(17,18)10(9)14/h1-5,19H. The summed E-state index contributed by atoms with van der Waals surface area (Å²) in [4.78, 5) is 0. The van der Waals surface area contributed by atoms with Crippen molar-refractivity contribution in [2.75, 3.05) is 0 Å². The van der Waals surface area contributed by atoms with Gasteiger partial charge in [0.2, 0.25) is 0 Å². The third kappa shape index (κ3) is 2.57. The smallest absolute Gasteiger partial charge is 0.191 e. The molecule has 0 amide bonds. The van der Waals surface area contributed by atoms with Gasteiger partial charge in [0.1, 0.15) is 5.75 Å². The number of allylic oxidation sites excluding steroid dienone is 4. The number of phenolic OH excluding ortho intramolecular Hbond substituents is 1. The van der Waals surface area contributed by atoms with Crippen LogP contribution >= 0.6 is 69.6 Å². The Morgan fingerprint density at radius 3 is 1.89 bits per heavy atom. The monoisotopic (exact) mass is 376 g/mol. The molecule has 7 heteroatoms. The van der Waals surface area contributed by atoms with Crippen LogP contribution in [0, 0.1) is 0 Å². The third-order valence-electron chi connectivity index (χ3n) is 2.67. The lowest BCUT2D eigenvalue weighted by Crippen LogP contribution is -2.40. The van der Waals surface area contributed by atoms with Gasteiger partial charge in [-0.3, -0.25) is 0 Å². The van der Waals surface area contributed by atoms with E-state index in [2.05, 4.69) is 0 Å². The average molecular weight is 379 g/mol. The zero-order chi connectivity index (χ0) is 14.4. The first-order valence-electron chi connectivity index (χ1n) is 5.01. The molecule has 0 saturated heterocycles. The molecule has 0 aliphatic heterocycles. The number of alkyl halides is 4. The first kappa shape index (κ1) is 15.6. The Balaban J connectivity index is 2.62. The Morgan fingerprint density at radius 2 is 1.37 bits per heavy atom. The van der Waals surface area contributed by atoms with Gasteiger partial charge in [-0.2, -0.15) is 0 Å². The molecule has 0 fully saturated rings. The van der Waals surface area contributed by atoms with Crippen molar-refractivity contribution in [2.24, 2.45) is 0 Å². The first-order chi connectivity index (χ1) is 8.68. The van der Waals surface area contributed by atoms with Crippen LogP contribution in [0.25, 0.3) is 5.57 Å². The molecule has 0 spiro atoms. The van der Waals surface area contributed by atoms with Crippen LogP contribution in [0.5, 0.6) is 5.75 Å². The lowest BCUT2D eigenvalue weighted by atomic mass is 9.95. The molecule has 2 rings (SSSR count). The van der Waals surface area contributed by atoms with Gasteiger partial charge in [0, 0.05) is 0 Å². The maximum Gasteiger partial charge on any atom is 0.191 e. The second kappa shape index (κ2) is 5.22. The van der Waals surface area contributed by atoms with Crippen LogP contribution in [0.4, 0.5) is 0 Å². The van der Waals surface area contributed by atoms with Gasteiger partial charge >= 0.3 is 0 Å². The molecule has 1 aliphatic carbocycles. The molecule has 0 atom stereocenters. The van der Waals surface area contributed by atoms with E-state index in [1.165, 1.54) is 18.2 Å². The van der Waals surface area contributed by atoms with Crippen molar-refractivity contribution < 1.29 is 5.11 Å². The average Bonchev–Trinajstić information content (AvgIpc) is 2.34. The van der Waals surface area contributed by atoms with E-state index >= 15 is 0 Å². The van der Waals surface area contributed by atoms with Crippen molar-refractivity contribution in [1.82, 2.24) is 0 Å². The molecule has 0 unspecified atom stereocenters. The quantitative estimate of drug-likeness (QED) is 0.610. The van der Waals surface area contributed by atoms with Gasteiger partial charge in [0.05, 0.1) is 10.1 Å². The van der Waals surface area contributed by atoms with Crippen molar-refractivity contribution in [3.8, 4) is 5.75 Å². The van der Waals surface area contributed by atoms with Crippen molar-refractivity contribution in [2.45, 2.75) is 8.67 Å². The molecular weight excluding hydrogens is 373 g/mol. The van der Waals surface area contributed by atoms with Crippen LogP contribution in [-0.2, 0) is 0 Å². The van der Waals surface area contributed by atoms with E-state index in [1.54, 1.807) is 12.1 Å². The van der Waals surface area contributed by atoms with Crippen molar-refractivity contribution in [3.05, 3.63) is 46.0 Å². The van der Waals surface area contributed by atoms with Gasteiger partial charge in [0.25, 0.3) is 0 Å². The number of phenols is 1. The SMILES string of the molecule is Oc1ccc(C2=CC(Cl)=C(Cl)C(Cl)(Cl)C2(Cl)Cl)cc1. The molecule has 19 heavy (non-hydrogen) atoms. The second-order valence-electron chi connectivity index (χ2n) is 3.92. The lowest BCUT2D eigenvalue weighted by Gasteiger charge is -2.37. The van der Waals surface area contributed by atoms with E-state index in [9.17, 15) is 5.11 Å². The van der Waals surface area contributed by atoms with Gasteiger partial charge in [0.15, 0.2) is 8.67 Å². The van der Waals surface area contributed by atoms with Gasteiger partial charge in [-0.05, 0) is 29.3 Å². The molecule has 0 radical (unpaired) electrons.